The van der Waals surface area contributed by atoms with Crippen molar-refractivity contribution in [3.63, 3.8) is 0 Å². The maximum atomic E-state index is 12.0. The molecule has 0 aliphatic carbocycles. The molecule has 1 heterocycles. The fourth-order valence-electron chi connectivity index (χ4n) is 2.42. The molecule has 0 unspecified atom stereocenters. The fourth-order valence-corrected chi connectivity index (χ4v) is 2.42. The van der Waals surface area contributed by atoms with Gasteiger partial charge in [0.2, 0.25) is 0 Å². The predicted octanol–water partition coefficient (Wildman–Crippen LogP) is 2.25. The van der Waals surface area contributed by atoms with Gasteiger partial charge in [-0.1, -0.05) is 37.3 Å². The van der Waals surface area contributed by atoms with Crippen molar-refractivity contribution in [1.29, 1.82) is 0 Å². The van der Waals surface area contributed by atoms with Crippen LogP contribution < -0.4 is 5.32 Å². The van der Waals surface area contributed by atoms with Crippen LogP contribution in [0.4, 0.5) is 4.79 Å². The van der Waals surface area contributed by atoms with Gasteiger partial charge in [0.05, 0.1) is 0 Å². The molecule has 1 aromatic rings. The van der Waals surface area contributed by atoms with Gasteiger partial charge in [-0.2, -0.15) is 0 Å². The van der Waals surface area contributed by atoms with Crippen molar-refractivity contribution in [2.45, 2.75) is 26.0 Å². The molecule has 4 heteroatoms. The van der Waals surface area contributed by atoms with Crippen LogP contribution in [0.1, 0.15) is 19.4 Å². The Morgan fingerprint density at radius 1 is 1.47 bits per heavy atom. The molecule has 4 nitrogen and oxygen atoms in total. The van der Waals surface area contributed by atoms with Crippen LogP contribution in [0.15, 0.2) is 30.3 Å². The summed E-state index contributed by atoms with van der Waals surface area (Å²) in [4.78, 5) is 13.8. The van der Waals surface area contributed by atoms with Crippen LogP contribution in [0.3, 0.4) is 0 Å². The molecule has 1 aliphatic heterocycles. The van der Waals surface area contributed by atoms with Crippen molar-refractivity contribution in [2.24, 2.45) is 5.92 Å². The molecule has 1 aliphatic rings. The number of nitrogens with zero attached hydrogens (tertiary/aromatic N) is 1. The maximum absolute atomic E-state index is 12.0. The molecule has 1 fully saturated rings. The molecule has 1 saturated heterocycles. The Morgan fingerprint density at radius 2 is 2.16 bits per heavy atom. The molecule has 1 amide bonds. The summed E-state index contributed by atoms with van der Waals surface area (Å²) in [6.45, 7) is 6.06. The molecular formula is C15H22N2O2. The Kier molecular flexibility index (Phi) is 4.10. The third-order valence-electron chi connectivity index (χ3n) is 4.14. The van der Waals surface area contributed by atoms with E-state index in [1.165, 1.54) is 0 Å². The van der Waals surface area contributed by atoms with E-state index < -0.39 is 0 Å². The van der Waals surface area contributed by atoms with Crippen molar-refractivity contribution >= 4 is 6.09 Å². The number of likely N-dealkylation sites (tertiary alicyclic amines) is 1. The Hall–Kier alpha value is -1.55. The number of rotatable bonds is 3. The van der Waals surface area contributed by atoms with E-state index in [1.807, 2.05) is 37.4 Å². The van der Waals surface area contributed by atoms with Crippen molar-refractivity contribution in [1.82, 2.24) is 10.2 Å². The highest BCUT2D eigenvalue weighted by Gasteiger charge is 2.41. The third kappa shape index (κ3) is 3.07. The molecular weight excluding hydrogens is 240 g/mol. The summed E-state index contributed by atoms with van der Waals surface area (Å²) in [5.41, 5.74) is 0.991. The lowest BCUT2D eigenvalue weighted by Crippen LogP contribution is -2.46. The lowest BCUT2D eigenvalue weighted by Gasteiger charge is -2.27. The zero-order valence-electron chi connectivity index (χ0n) is 11.8. The van der Waals surface area contributed by atoms with E-state index in [2.05, 4.69) is 19.2 Å². The van der Waals surface area contributed by atoms with E-state index in [9.17, 15) is 4.79 Å². The van der Waals surface area contributed by atoms with Gasteiger partial charge in [-0.25, -0.2) is 4.79 Å². The van der Waals surface area contributed by atoms with Gasteiger partial charge in [0, 0.05) is 18.6 Å². The minimum atomic E-state index is -0.227. The van der Waals surface area contributed by atoms with Gasteiger partial charge >= 0.3 is 6.09 Å². The topological polar surface area (TPSA) is 41.6 Å². The summed E-state index contributed by atoms with van der Waals surface area (Å²) >= 11 is 0. The molecule has 0 spiro atoms. The zero-order valence-corrected chi connectivity index (χ0v) is 11.8. The van der Waals surface area contributed by atoms with Crippen LogP contribution in [0, 0.1) is 5.92 Å². The SMILES string of the molecule is CN[C@]1(C)CN(C(=O)OCc2ccccc2)C[C@@H]1C. The Morgan fingerprint density at radius 3 is 2.74 bits per heavy atom. The Balaban J connectivity index is 1.88. The first-order valence-electron chi connectivity index (χ1n) is 6.70. The van der Waals surface area contributed by atoms with Crippen molar-refractivity contribution in [3.8, 4) is 0 Å². The monoisotopic (exact) mass is 262 g/mol. The number of nitrogens with one attached hydrogen (secondary N) is 1. The standard InChI is InChI=1S/C15H22N2O2/c1-12-9-17(11-15(12,2)16-3)14(18)19-10-13-7-5-4-6-8-13/h4-8,12,16H,9-11H2,1-3H3/t12-,15+/m0/s1. The van der Waals surface area contributed by atoms with E-state index in [1.54, 1.807) is 4.90 Å². The average molecular weight is 262 g/mol. The zero-order chi connectivity index (χ0) is 13.9. The largest absolute Gasteiger partial charge is 0.445 e. The van der Waals surface area contributed by atoms with E-state index in [4.69, 9.17) is 4.74 Å². The first-order chi connectivity index (χ1) is 9.05. The number of carbonyl (C=O) groups is 1. The lowest BCUT2D eigenvalue weighted by atomic mass is 9.91. The predicted molar refractivity (Wildman–Crippen MR) is 74.8 cm³/mol. The molecule has 19 heavy (non-hydrogen) atoms. The van der Waals surface area contributed by atoms with E-state index in [0.29, 0.717) is 19.1 Å². The molecule has 2 atom stereocenters. The Bertz CT molecular complexity index is 435. The molecule has 1 N–H and O–H groups in total. The first-order valence-corrected chi connectivity index (χ1v) is 6.70. The summed E-state index contributed by atoms with van der Waals surface area (Å²) in [5.74, 6) is 0.418. The van der Waals surface area contributed by atoms with E-state index in [-0.39, 0.29) is 11.6 Å². The minimum Gasteiger partial charge on any atom is -0.445 e. The van der Waals surface area contributed by atoms with Gasteiger partial charge in [-0.3, -0.25) is 0 Å². The number of likely N-dealkylation sites (N-methyl/N-ethyl adjacent to an activating group) is 1. The lowest BCUT2D eigenvalue weighted by molar-refractivity contribution is 0.102. The van der Waals surface area contributed by atoms with Crippen LogP contribution in [-0.2, 0) is 11.3 Å². The number of carbonyl (C=O) groups excluding carboxylic acids is 1. The molecule has 1 aromatic carbocycles. The number of benzene rings is 1. The summed E-state index contributed by atoms with van der Waals surface area (Å²) < 4.78 is 5.36. The van der Waals surface area contributed by atoms with Gasteiger partial charge in [-0.05, 0) is 25.5 Å². The van der Waals surface area contributed by atoms with Crippen molar-refractivity contribution in [3.05, 3.63) is 35.9 Å². The molecule has 0 saturated carbocycles. The highest BCUT2D eigenvalue weighted by molar-refractivity contribution is 5.68. The first kappa shape index (κ1) is 13.9. The van der Waals surface area contributed by atoms with Gasteiger partial charge in [-0.15, -0.1) is 0 Å². The van der Waals surface area contributed by atoms with Gasteiger partial charge < -0.3 is 15.0 Å². The molecule has 0 bridgehead atoms. The van der Waals surface area contributed by atoms with Crippen LogP contribution in [0.2, 0.25) is 0 Å². The maximum Gasteiger partial charge on any atom is 0.410 e. The van der Waals surface area contributed by atoms with Crippen LogP contribution >= 0.6 is 0 Å². The second-order valence-electron chi connectivity index (χ2n) is 5.49. The molecule has 0 aromatic heterocycles. The van der Waals surface area contributed by atoms with Gasteiger partial charge in [0.25, 0.3) is 0 Å². The minimum absolute atomic E-state index is 0.0221. The number of ether oxygens (including phenoxy) is 1. The second-order valence-corrected chi connectivity index (χ2v) is 5.49. The fraction of sp³-hybridized carbons (Fsp3) is 0.533. The summed E-state index contributed by atoms with van der Waals surface area (Å²) in [7, 11) is 1.94. The highest BCUT2D eigenvalue weighted by Crippen LogP contribution is 2.27. The highest BCUT2D eigenvalue weighted by atomic mass is 16.6. The van der Waals surface area contributed by atoms with Crippen molar-refractivity contribution < 1.29 is 9.53 Å². The molecule has 2 rings (SSSR count). The summed E-state index contributed by atoms with van der Waals surface area (Å²) in [6, 6.07) is 9.75. The number of hydrogen-bond acceptors (Lipinski definition) is 3. The van der Waals surface area contributed by atoms with E-state index >= 15 is 0 Å². The van der Waals surface area contributed by atoms with Gasteiger partial charge in [0.1, 0.15) is 6.61 Å². The Labute approximate surface area is 114 Å². The quantitative estimate of drug-likeness (QED) is 0.908. The normalized spacial score (nSPS) is 26.5. The summed E-state index contributed by atoms with van der Waals surface area (Å²) in [5, 5.41) is 3.30. The summed E-state index contributed by atoms with van der Waals surface area (Å²) in [6.07, 6.45) is -0.227. The average Bonchev–Trinajstić information content (AvgIpc) is 2.74. The second kappa shape index (κ2) is 5.61. The number of hydrogen-bond donors (Lipinski definition) is 1. The third-order valence-corrected chi connectivity index (χ3v) is 4.14. The van der Waals surface area contributed by atoms with E-state index in [0.717, 1.165) is 12.1 Å². The van der Waals surface area contributed by atoms with Crippen LogP contribution in [-0.4, -0.2) is 36.7 Å². The van der Waals surface area contributed by atoms with Gasteiger partial charge in [0.15, 0.2) is 0 Å². The van der Waals surface area contributed by atoms with Crippen LogP contribution in [0.25, 0.3) is 0 Å². The molecule has 0 radical (unpaired) electrons. The van der Waals surface area contributed by atoms with Crippen LogP contribution in [0.5, 0.6) is 0 Å². The van der Waals surface area contributed by atoms with Crippen molar-refractivity contribution in [2.75, 3.05) is 20.1 Å². The smallest absolute Gasteiger partial charge is 0.410 e. The molecule has 104 valence electrons. The number of amides is 1.